The molecule has 0 N–H and O–H groups in total. The van der Waals surface area contributed by atoms with Gasteiger partial charge in [-0.3, -0.25) is 5.56 Å². The molecule has 0 unspecified atom stereocenters. The number of aromatic nitrogens is 1. The van der Waals surface area contributed by atoms with Crippen LogP contribution >= 0.6 is 15.9 Å². The molecule has 12 heavy (non-hydrogen) atoms. The van der Waals surface area contributed by atoms with Gasteiger partial charge >= 0.3 is 0 Å². The maximum absolute atomic E-state index is 10.2. The minimum absolute atomic E-state index is 0. The summed E-state index contributed by atoms with van der Waals surface area (Å²) in [6.07, 6.45) is 4.53. The average molecular weight is 301 g/mol. The molecule has 0 aliphatic rings. The topological polar surface area (TPSA) is 47.0 Å². The van der Waals surface area contributed by atoms with Gasteiger partial charge in [0, 0.05) is 38.9 Å². The minimum atomic E-state index is -0.0109. The van der Waals surface area contributed by atoms with Crippen LogP contribution in [0, 0.1) is 0 Å². The predicted molar refractivity (Wildman–Crippen MR) is 41.5 cm³/mol. The summed E-state index contributed by atoms with van der Waals surface area (Å²) in [7, 11) is 0. The Bertz CT molecular complexity index is 303. The van der Waals surface area contributed by atoms with Gasteiger partial charge in [-0.25, -0.2) is 6.07 Å². The summed E-state index contributed by atoms with van der Waals surface area (Å²) in [5, 5.41) is 0. The number of hydrogen-bond donors (Lipinski definition) is 0. The van der Waals surface area contributed by atoms with Gasteiger partial charge in [0.1, 0.15) is 0 Å². The molecule has 1 radical (unpaired) electrons. The van der Waals surface area contributed by atoms with Crippen molar-refractivity contribution in [2.24, 2.45) is 0 Å². The molecule has 0 saturated heterocycles. The Morgan fingerprint density at radius 1 is 1.33 bits per heavy atom. The molecule has 1 aromatic rings. The normalized spacial score (nSPS) is 8.42. The molecular weight excluding hydrogens is 299 g/mol. The number of carbonyl (C=O) groups excluding carboxylic acids is 2. The quantitative estimate of drug-likeness (QED) is 0.758. The van der Waals surface area contributed by atoms with Crippen molar-refractivity contribution in [3.8, 4) is 0 Å². The molecule has 0 aliphatic carbocycles. The van der Waals surface area contributed by atoms with Crippen LogP contribution in [-0.4, -0.2) is 17.6 Å². The van der Waals surface area contributed by atoms with Crippen LogP contribution < -0.4 is 0 Å². The van der Waals surface area contributed by atoms with Gasteiger partial charge in [0.2, 0.25) is 0 Å². The molecule has 0 aliphatic heterocycles. The third kappa shape index (κ3) is 2.85. The maximum Gasteiger partial charge on any atom is 0.00942 e. The molecule has 0 bridgehead atoms. The first-order chi connectivity index (χ1) is 5.27. The summed E-state index contributed by atoms with van der Waals surface area (Å²) >= 11 is 3.10. The van der Waals surface area contributed by atoms with Crippen LogP contribution in [0.25, 0.3) is 0 Å². The second kappa shape index (κ2) is 5.67. The van der Waals surface area contributed by atoms with E-state index < -0.39 is 0 Å². The second-order valence-corrected chi connectivity index (χ2v) is 2.67. The van der Waals surface area contributed by atoms with Crippen LogP contribution in [0.4, 0.5) is 0 Å². The van der Waals surface area contributed by atoms with Crippen molar-refractivity contribution >= 4 is 28.5 Å². The number of hydrogen-bond acceptors (Lipinski definition) is 3. The number of pyridine rings is 1. The van der Waals surface area contributed by atoms with Gasteiger partial charge in [0.25, 0.3) is 0 Å². The molecule has 0 atom stereocenters. The van der Waals surface area contributed by atoms with Crippen LogP contribution in [0.5, 0.6) is 0 Å². The third-order valence-corrected chi connectivity index (χ3v) is 1.49. The standard InChI is InChI=1S/C7H2BrNO2.Y/c8-6-1-5(3-10)7(4-11)9-2-6;/h1-2H;/q-2;. The van der Waals surface area contributed by atoms with Gasteiger partial charge in [-0.05, 0) is 10.8 Å². The van der Waals surface area contributed by atoms with Crippen LogP contribution in [0.3, 0.4) is 0 Å². The fourth-order valence-corrected chi connectivity index (χ4v) is 0.930. The Balaban J connectivity index is 0.00000121. The van der Waals surface area contributed by atoms with Crippen molar-refractivity contribution in [1.82, 2.24) is 4.98 Å². The van der Waals surface area contributed by atoms with E-state index >= 15 is 0 Å². The van der Waals surface area contributed by atoms with Crippen LogP contribution in [0.15, 0.2) is 16.7 Å². The van der Waals surface area contributed by atoms with E-state index in [1.165, 1.54) is 18.5 Å². The molecule has 59 valence electrons. The molecule has 1 aromatic heterocycles. The summed E-state index contributed by atoms with van der Waals surface area (Å²) < 4.78 is 0.634. The fraction of sp³-hybridized carbons (Fsp3) is 0. The van der Waals surface area contributed by atoms with Crippen molar-refractivity contribution < 1.29 is 42.3 Å². The Labute approximate surface area is 103 Å². The molecule has 5 heteroatoms. The molecule has 0 amide bonds. The monoisotopic (exact) mass is 300 g/mol. The zero-order valence-electron chi connectivity index (χ0n) is 5.87. The number of rotatable bonds is 2. The summed E-state index contributed by atoms with van der Waals surface area (Å²) in [5.74, 6) is 0. The summed E-state index contributed by atoms with van der Waals surface area (Å²) in [6, 6.07) is 1.46. The summed E-state index contributed by atoms with van der Waals surface area (Å²) in [4.78, 5) is 23.9. The third-order valence-electron chi connectivity index (χ3n) is 1.06. The van der Waals surface area contributed by atoms with Crippen LogP contribution in [0.2, 0.25) is 0 Å². The first-order valence-electron chi connectivity index (χ1n) is 2.70. The molecule has 0 fully saturated rings. The van der Waals surface area contributed by atoms with E-state index in [-0.39, 0.29) is 44.0 Å². The Morgan fingerprint density at radius 3 is 2.50 bits per heavy atom. The van der Waals surface area contributed by atoms with E-state index in [9.17, 15) is 9.59 Å². The summed E-state index contributed by atoms with van der Waals surface area (Å²) in [6.45, 7) is 0. The van der Waals surface area contributed by atoms with Gasteiger partial charge in [0.15, 0.2) is 0 Å². The van der Waals surface area contributed by atoms with E-state index in [0.29, 0.717) is 4.47 Å². The van der Waals surface area contributed by atoms with Crippen molar-refractivity contribution in [2.45, 2.75) is 0 Å². The van der Waals surface area contributed by atoms with Gasteiger partial charge in [-0.2, -0.15) is 5.69 Å². The van der Waals surface area contributed by atoms with E-state index in [4.69, 9.17) is 0 Å². The van der Waals surface area contributed by atoms with E-state index in [1.807, 2.05) is 0 Å². The van der Waals surface area contributed by atoms with Gasteiger partial charge in [0.05, 0.1) is 0 Å². The second-order valence-electron chi connectivity index (χ2n) is 1.75. The van der Waals surface area contributed by atoms with Crippen LogP contribution in [-0.2, 0) is 42.3 Å². The van der Waals surface area contributed by atoms with E-state index in [2.05, 4.69) is 20.9 Å². The van der Waals surface area contributed by atoms with E-state index in [0.717, 1.165) is 0 Å². The molecule has 1 heterocycles. The average Bonchev–Trinajstić information content (AvgIpc) is 2.04. The molecule has 3 nitrogen and oxygen atoms in total. The van der Waals surface area contributed by atoms with Gasteiger partial charge < -0.3 is 14.6 Å². The zero-order valence-corrected chi connectivity index (χ0v) is 10.3. The SMILES string of the molecule is O=[C-]c1cc(Br)cnc1[C-]=O.[Y]. The minimum Gasteiger partial charge on any atom is -0.432 e. The Kier molecular flexibility index (Phi) is 5.71. The maximum atomic E-state index is 10.2. The smallest absolute Gasteiger partial charge is 0.00942 e. The van der Waals surface area contributed by atoms with Gasteiger partial charge in [-0.1, -0.05) is 22.2 Å². The fourth-order valence-electron chi connectivity index (χ4n) is 0.598. The van der Waals surface area contributed by atoms with Gasteiger partial charge in [-0.15, -0.1) is 0 Å². The number of nitrogens with zero attached hydrogens (tertiary/aromatic N) is 1. The van der Waals surface area contributed by atoms with E-state index in [1.54, 1.807) is 6.29 Å². The van der Waals surface area contributed by atoms with Crippen molar-refractivity contribution in [1.29, 1.82) is 0 Å². The van der Waals surface area contributed by atoms with Crippen molar-refractivity contribution in [3.63, 3.8) is 0 Å². The van der Waals surface area contributed by atoms with Crippen molar-refractivity contribution in [3.05, 3.63) is 28.0 Å². The zero-order chi connectivity index (χ0) is 8.27. The first-order valence-corrected chi connectivity index (χ1v) is 3.49. The largest absolute Gasteiger partial charge is 0.432 e. The molecule has 0 saturated carbocycles. The molecular formula is C7H2BrNO2Y-2. The van der Waals surface area contributed by atoms with Crippen LogP contribution in [0.1, 0.15) is 11.3 Å². The first kappa shape index (κ1) is 12.1. The molecule has 1 rings (SSSR count). The molecule has 0 spiro atoms. The summed E-state index contributed by atoms with van der Waals surface area (Å²) in [5.41, 5.74) is 0.109. The Morgan fingerprint density at radius 2 is 2.00 bits per heavy atom. The predicted octanol–water partition coefficient (Wildman–Crippen LogP) is 0.757. The Hall–Kier alpha value is 0.0739. The number of halogens is 1. The van der Waals surface area contributed by atoms with Crippen molar-refractivity contribution in [2.75, 3.05) is 0 Å². The molecule has 0 aromatic carbocycles.